The third-order valence-corrected chi connectivity index (χ3v) is 2.19. The van der Waals surface area contributed by atoms with Crippen LogP contribution in [0.4, 0.5) is 0 Å². The minimum atomic E-state index is 0.529. The van der Waals surface area contributed by atoms with E-state index in [-0.39, 0.29) is 0 Å². The summed E-state index contributed by atoms with van der Waals surface area (Å²) in [5, 5.41) is 7.63. The van der Waals surface area contributed by atoms with E-state index in [1.807, 2.05) is 4.68 Å². The highest BCUT2D eigenvalue weighted by Gasteiger charge is 2.07. The maximum absolute atomic E-state index is 4.11. The van der Waals surface area contributed by atoms with Gasteiger partial charge in [0.05, 0.1) is 6.54 Å². The molecule has 0 spiro atoms. The first kappa shape index (κ1) is 11.2. The molecule has 0 saturated carbocycles. The van der Waals surface area contributed by atoms with E-state index in [1.165, 1.54) is 19.3 Å². The molecule has 1 unspecified atom stereocenters. The average molecular weight is 196 g/mol. The van der Waals surface area contributed by atoms with E-state index < -0.39 is 0 Å². The van der Waals surface area contributed by atoms with E-state index >= 15 is 0 Å². The summed E-state index contributed by atoms with van der Waals surface area (Å²) in [6, 6.07) is 0.529. The second-order valence-corrected chi connectivity index (χ2v) is 3.56. The number of nitrogens with one attached hydrogen (secondary N) is 1. The van der Waals surface area contributed by atoms with Crippen molar-refractivity contribution in [2.45, 2.75) is 45.7 Å². The Kier molecular flexibility index (Phi) is 5.22. The fourth-order valence-corrected chi connectivity index (χ4v) is 1.51. The summed E-state index contributed by atoms with van der Waals surface area (Å²) >= 11 is 0. The number of nitrogens with zero attached hydrogens (tertiary/aromatic N) is 3. The van der Waals surface area contributed by atoms with Gasteiger partial charge in [0.2, 0.25) is 0 Å². The van der Waals surface area contributed by atoms with Gasteiger partial charge < -0.3 is 5.32 Å². The van der Waals surface area contributed by atoms with Crippen LogP contribution in [0.3, 0.4) is 0 Å². The summed E-state index contributed by atoms with van der Waals surface area (Å²) in [5.74, 6) is 0. The molecule has 80 valence electrons. The van der Waals surface area contributed by atoms with Gasteiger partial charge in [-0.2, -0.15) is 5.10 Å². The Bertz CT molecular complexity index is 220. The van der Waals surface area contributed by atoms with Crippen molar-refractivity contribution in [3.05, 3.63) is 12.7 Å². The molecule has 1 aromatic rings. The van der Waals surface area contributed by atoms with Gasteiger partial charge in [-0.15, -0.1) is 0 Å². The molecular formula is C10H20N4. The van der Waals surface area contributed by atoms with Gasteiger partial charge in [0.15, 0.2) is 0 Å². The second-order valence-electron chi connectivity index (χ2n) is 3.56. The van der Waals surface area contributed by atoms with Gasteiger partial charge in [-0.3, -0.25) is 4.68 Å². The lowest BCUT2D eigenvalue weighted by molar-refractivity contribution is 0.401. The SMILES string of the molecule is CCCNC(CCC)Cn1cncn1. The van der Waals surface area contributed by atoms with Crippen molar-refractivity contribution in [3.63, 3.8) is 0 Å². The van der Waals surface area contributed by atoms with Crippen LogP contribution in [0, 0.1) is 0 Å². The Morgan fingerprint density at radius 1 is 1.36 bits per heavy atom. The van der Waals surface area contributed by atoms with Crippen molar-refractivity contribution >= 4 is 0 Å². The molecule has 0 amide bonds. The number of aromatic nitrogens is 3. The zero-order chi connectivity index (χ0) is 10.2. The van der Waals surface area contributed by atoms with Crippen molar-refractivity contribution in [2.24, 2.45) is 0 Å². The van der Waals surface area contributed by atoms with Gasteiger partial charge >= 0.3 is 0 Å². The Morgan fingerprint density at radius 2 is 2.21 bits per heavy atom. The molecule has 14 heavy (non-hydrogen) atoms. The first-order valence-corrected chi connectivity index (χ1v) is 5.42. The van der Waals surface area contributed by atoms with Crippen molar-refractivity contribution in [3.8, 4) is 0 Å². The summed E-state index contributed by atoms with van der Waals surface area (Å²) in [7, 11) is 0. The van der Waals surface area contributed by atoms with Crippen LogP contribution in [0.25, 0.3) is 0 Å². The minimum absolute atomic E-state index is 0.529. The first-order chi connectivity index (χ1) is 6.86. The van der Waals surface area contributed by atoms with Crippen molar-refractivity contribution in [2.75, 3.05) is 6.54 Å². The monoisotopic (exact) mass is 196 g/mol. The molecule has 1 rings (SSSR count). The fraction of sp³-hybridized carbons (Fsp3) is 0.800. The molecule has 4 nitrogen and oxygen atoms in total. The highest BCUT2D eigenvalue weighted by Crippen LogP contribution is 1.99. The van der Waals surface area contributed by atoms with Crippen LogP contribution in [0.2, 0.25) is 0 Å². The van der Waals surface area contributed by atoms with Gasteiger partial charge in [-0.1, -0.05) is 20.3 Å². The third kappa shape index (κ3) is 3.87. The van der Waals surface area contributed by atoms with Crippen LogP contribution in [0.15, 0.2) is 12.7 Å². The molecule has 0 fully saturated rings. The summed E-state index contributed by atoms with van der Waals surface area (Å²) in [6.45, 7) is 6.40. The summed E-state index contributed by atoms with van der Waals surface area (Å²) < 4.78 is 1.89. The van der Waals surface area contributed by atoms with Crippen LogP contribution < -0.4 is 5.32 Å². The third-order valence-electron chi connectivity index (χ3n) is 2.19. The van der Waals surface area contributed by atoms with E-state index in [2.05, 4.69) is 29.2 Å². The van der Waals surface area contributed by atoms with Crippen LogP contribution in [-0.2, 0) is 6.54 Å². The molecular weight excluding hydrogens is 176 g/mol. The quantitative estimate of drug-likeness (QED) is 0.717. The molecule has 0 aliphatic carbocycles. The number of hydrogen-bond donors (Lipinski definition) is 1. The maximum atomic E-state index is 4.11. The molecule has 0 aliphatic heterocycles. The highest BCUT2D eigenvalue weighted by atomic mass is 15.3. The maximum Gasteiger partial charge on any atom is 0.137 e. The van der Waals surface area contributed by atoms with Crippen molar-refractivity contribution in [1.82, 2.24) is 20.1 Å². The molecule has 4 heteroatoms. The second kappa shape index (κ2) is 6.54. The topological polar surface area (TPSA) is 42.7 Å². The summed E-state index contributed by atoms with van der Waals surface area (Å²) in [5.41, 5.74) is 0. The summed E-state index contributed by atoms with van der Waals surface area (Å²) in [4.78, 5) is 3.94. The largest absolute Gasteiger partial charge is 0.312 e. The molecule has 0 radical (unpaired) electrons. The van der Waals surface area contributed by atoms with E-state index in [1.54, 1.807) is 12.7 Å². The molecule has 1 aromatic heterocycles. The van der Waals surface area contributed by atoms with Gasteiger partial charge in [-0.25, -0.2) is 4.98 Å². The van der Waals surface area contributed by atoms with Gasteiger partial charge in [-0.05, 0) is 19.4 Å². The molecule has 1 atom stereocenters. The normalized spacial score (nSPS) is 13.0. The molecule has 1 N–H and O–H groups in total. The zero-order valence-corrected chi connectivity index (χ0v) is 9.11. The first-order valence-electron chi connectivity index (χ1n) is 5.42. The predicted octanol–water partition coefficient (Wildman–Crippen LogP) is 1.45. The minimum Gasteiger partial charge on any atom is -0.312 e. The average Bonchev–Trinajstić information content (AvgIpc) is 2.67. The van der Waals surface area contributed by atoms with Crippen LogP contribution in [0.5, 0.6) is 0 Å². The number of rotatable bonds is 7. The Balaban J connectivity index is 2.34. The van der Waals surface area contributed by atoms with E-state index in [0.29, 0.717) is 6.04 Å². The molecule has 0 saturated heterocycles. The van der Waals surface area contributed by atoms with Crippen LogP contribution in [0.1, 0.15) is 33.1 Å². The van der Waals surface area contributed by atoms with Crippen LogP contribution in [-0.4, -0.2) is 27.4 Å². The van der Waals surface area contributed by atoms with E-state index in [9.17, 15) is 0 Å². The van der Waals surface area contributed by atoms with Crippen molar-refractivity contribution < 1.29 is 0 Å². The Labute approximate surface area is 85.7 Å². The van der Waals surface area contributed by atoms with Crippen LogP contribution >= 0.6 is 0 Å². The predicted molar refractivity (Wildman–Crippen MR) is 57.0 cm³/mol. The number of hydrogen-bond acceptors (Lipinski definition) is 3. The van der Waals surface area contributed by atoms with Gasteiger partial charge in [0.25, 0.3) is 0 Å². The smallest absolute Gasteiger partial charge is 0.137 e. The standard InChI is InChI=1S/C10H20N4/c1-3-5-10(12-6-4-2)7-14-9-11-8-13-14/h8-10,12H,3-7H2,1-2H3. The van der Waals surface area contributed by atoms with Crippen molar-refractivity contribution in [1.29, 1.82) is 0 Å². The zero-order valence-electron chi connectivity index (χ0n) is 9.11. The lowest BCUT2D eigenvalue weighted by Crippen LogP contribution is -2.33. The lowest BCUT2D eigenvalue weighted by Gasteiger charge is -2.17. The van der Waals surface area contributed by atoms with Gasteiger partial charge in [0.1, 0.15) is 12.7 Å². The summed E-state index contributed by atoms with van der Waals surface area (Å²) in [6.07, 6.45) is 6.94. The van der Waals surface area contributed by atoms with E-state index in [0.717, 1.165) is 13.1 Å². The Hall–Kier alpha value is -0.900. The molecule has 0 bridgehead atoms. The molecule has 1 heterocycles. The van der Waals surface area contributed by atoms with Gasteiger partial charge in [0, 0.05) is 6.04 Å². The lowest BCUT2D eigenvalue weighted by atomic mass is 10.1. The molecule has 0 aliphatic rings. The Morgan fingerprint density at radius 3 is 2.79 bits per heavy atom. The highest BCUT2D eigenvalue weighted by molar-refractivity contribution is 4.68. The fourth-order valence-electron chi connectivity index (χ4n) is 1.51. The van der Waals surface area contributed by atoms with E-state index in [4.69, 9.17) is 0 Å². The molecule has 0 aromatic carbocycles.